The molecule has 4 nitrogen and oxygen atoms in total. The van der Waals surface area contributed by atoms with Gasteiger partial charge in [0.25, 0.3) is 0 Å². The van der Waals surface area contributed by atoms with Crippen LogP contribution in [0.1, 0.15) is 31.1 Å². The van der Waals surface area contributed by atoms with E-state index in [1.165, 1.54) is 0 Å². The van der Waals surface area contributed by atoms with Gasteiger partial charge >= 0.3 is 0 Å². The third-order valence-electron chi connectivity index (χ3n) is 2.65. The van der Waals surface area contributed by atoms with Gasteiger partial charge < -0.3 is 9.84 Å². The number of aromatic nitrogens is 2. The van der Waals surface area contributed by atoms with Crippen molar-refractivity contribution in [1.29, 1.82) is 0 Å². The van der Waals surface area contributed by atoms with Gasteiger partial charge in [-0.15, -0.1) is 0 Å². The van der Waals surface area contributed by atoms with Crippen LogP contribution >= 0.6 is 11.6 Å². The molecule has 0 aliphatic heterocycles. The number of hydrogen-bond donors (Lipinski definition) is 1. The smallest absolute Gasteiger partial charge is 0.240 e. The highest BCUT2D eigenvalue weighted by atomic mass is 35.5. The Hall–Kier alpha value is -1.39. The van der Waals surface area contributed by atoms with E-state index in [1.807, 2.05) is 24.3 Å². The fraction of sp³-hybridized carbons (Fsp3) is 0.429. The van der Waals surface area contributed by atoms with Crippen molar-refractivity contribution in [1.82, 2.24) is 15.5 Å². The average molecular weight is 280 g/mol. The van der Waals surface area contributed by atoms with E-state index in [1.54, 1.807) is 0 Å². The minimum atomic E-state index is 0.591. The second kappa shape index (κ2) is 6.68. The zero-order valence-electron chi connectivity index (χ0n) is 11.2. The van der Waals surface area contributed by atoms with Gasteiger partial charge in [-0.25, -0.2) is 0 Å². The third-order valence-corrected chi connectivity index (χ3v) is 3.01. The Morgan fingerprint density at radius 2 is 2.11 bits per heavy atom. The van der Waals surface area contributed by atoms with Crippen LogP contribution in [0.2, 0.25) is 5.02 Å². The van der Waals surface area contributed by atoms with Crippen LogP contribution in [0.15, 0.2) is 28.8 Å². The maximum Gasteiger partial charge on any atom is 0.240 e. The molecule has 0 amide bonds. The molecule has 0 aliphatic carbocycles. The summed E-state index contributed by atoms with van der Waals surface area (Å²) in [4.78, 5) is 4.34. The second-order valence-corrected chi connectivity index (χ2v) is 5.30. The standard InChI is InChI=1S/C14H18ClN3O/c1-10(2)8-16-9-14-17-13(18-19-14)7-11-5-3-4-6-12(11)15/h3-6,10,16H,7-9H2,1-2H3. The maximum atomic E-state index is 6.10. The first-order chi connectivity index (χ1) is 9.15. The van der Waals surface area contributed by atoms with Crippen LogP contribution in [0.5, 0.6) is 0 Å². The monoisotopic (exact) mass is 279 g/mol. The van der Waals surface area contributed by atoms with E-state index < -0.39 is 0 Å². The molecule has 1 N–H and O–H groups in total. The number of hydrogen-bond acceptors (Lipinski definition) is 4. The summed E-state index contributed by atoms with van der Waals surface area (Å²) in [5.41, 5.74) is 1.01. The van der Waals surface area contributed by atoms with Crippen LogP contribution in [0.3, 0.4) is 0 Å². The van der Waals surface area contributed by atoms with E-state index in [0.717, 1.165) is 17.1 Å². The second-order valence-electron chi connectivity index (χ2n) is 4.90. The molecule has 0 unspecified atom stereocenters. The molecule has 5 heteroatoms. The van der Waals surface area contributed by atoms with Crippen LogP contribution in [0.4, 0.5) is 0 Å². The molecule has 0 saturated heterocycles. The predicted octanol–water partition coefficient (Wildman–Crippen LogP) is 3.06. The molecule has 0 saturated carbocycles. The molecule has 0 radical (unpaired) electrons. The molecule has 2 rings (SSSR count). The van der Waals surface area contributed by atoms with Crippen molar-refractivity contribution in [2.75, 3.05) is 6.54 Å². The molecule has 0 atom stereocenters. The van der Waals surface area contributed by atoms with Gasteiger partial charge in [0.05, 0.1) is 6.54 Å². The van der Waals surface area contributed by atoms with Gasteiger partial charge in [0.15, 0.2) is 5.82 Å². The van der Waals surface area contributed by atoms with Gasteiger partial charge in [-0.05, 0) is 24.1 Å². The Bertz CT molecular complexity index is 525. The number of nitrogens with one attached hydrogen (secondary N) is 1. The van der Waals surface area contributed by atoms with Crippen LogP contribution in [0, 0.1) is 5.92 Å². The van der Waals surface area contributed by atoms with Gasteiger partial charge in [0, 0.05) is 11.4 Å². The lowest BCUT2D eigenvalue weighted by atomic mass is 10.1. The van der Waals surface area contributed by atoms with Crippen LogP contribution in [-0.2, 0) is 13.0 Å². The molecule has 2 aromatic rings. The van der Waals surface area contributed by atoms with Crippen molar-refractivity contribution in [3.8, 4) is 0 Å². The highest BCUT2D eigenvalue weighted by molar-refractivity contribution is 6.31. The third kappa shape index (κ3) is 4.33. The molecule has 102 valence electrons. The molecular formula is C14H18ClN3O. The first-order valence-corrected chi connectivity index (χ1v) is 6.78. The average Bonchev–Trinajstić information content (AvgIpc) is 2.79. The highest BCUT2D eigenvalue weighted by Gasteiger charge is 2.08. The fourth-order valence-electron chi connectivity index (χ4n) is 1.71. The number of rotatable bonds is 6. The van der Waals surface area contributed by atoms with Gasteiger partial charge in [-0.2, -0.15) is 4.98 Å². The van der Waals surface area contributed by atoms with Gasteiger partial charge in [-0.3, -0.25) is 0 Å². The molecule has 1 heterocycles. The topological polar surface area (TPSA) is 51.0 Å². The Kier molecular flexibility index (Phi) is 4.93. The van der Waals surface area contributed by atoms with Crippen LogP contribution in [0.25, 0.3) is 0 Å². The lowest BCUT2D eigenvalue weighted by Gasteiger charge is -2.03. The highest BCUT2D eigenvalue weighted by Crippen LogP contribution is 2.17. The molecule has 0 spiro atoms. The summed E-state index contributed by atoms with van der Waals surface area (Å²) in [6.07, 6.45) is 0.591. The van der Waals surface area contributed by atoms with Crippen molar-refractivity contribution in [3.63, 3.8) is 0 Å². The van der Waals surface area contributed by atoms with Crippen LogP contribution in [-0.4, -0.2) is 16.7 Å². The Morgan fingerprint density at radius 1 is 1.32 bits per heavy atom. The Balaban J connectivity index is 1.92. The maximum absolute atomic E-state index is 6.10. The van der Waals surface area contributed by atoms with Crippen LogP contribution < -0.4 is 5.32 Å². The summed E-state index contributed by atoms with van der Waals surface area (Å²) in [6, 6.07) is 7.69. The minimum Gasteiger partial charge on any atom is -0.338 e. The van der Waals surface area contributed by atoms with Crippen molar-refractivity contribution < 1.29 is 4.52 Å². The van der Waals surface area contributed by atoms with E-state index in [9.17, 15) is 0 Å². The van der Waals surface area contributed by atoms with E-state index in [4.69, 9.17) is 16.1 Å². The normalized spacial score (nSPS) is 11.2. The lowest BCUT2D eigenvalue weighted by Crippen LogP contribution is -2.19. The van der Waals surface area contributed by atoms with Crippen molar-refractivity contribution in [3.05, 3.63) is 46.6 Å². The predicted molar refractivity (Wildman–Crippen MR) is 75.1 cm³/mol. The van der Waals surface area contributed by atoms with Gasteiger partial charge in [0.2, 0.25) is 5.89 Å². The number of benzene rings is 1. The lowest BCUT2D eigenvalue weighted by molar-refractivity contribution is 0.360. The van der Waals surface area contributed by atoms with Gasteiger partial charge in [0.1, 0.15) is 0 Å². The molecule has 0 bridgehead atoms. The van der Waals surface area contributed by atoms with E-state index in [-0.39, 0.29) is 0 Å². The van der Waals surface area contributed by atoms with E-state index >= 15 is 0 Å². The molecule has 19 heavy (non-hydrogen) atoms. The molecule has 1 aromatic carbocycles. The fourth-order valence-corrected chi connectivity index (χ4v) is 1.92. The van der Waals surface area contributed by atoms with Crippen molar-refractivity contribution >= 4 is 11.6 Å². The summed E-state index contributed by atoms with van der Waals surface area (Å²) < 4.78 is 5.19. The molecular weight excluding hydrogens is 262 g/mol. The van der Waals surface area contributed by atoms with Gasteiger partial charge in [-0.1, -0.05) is 48.8 Å². The first kappa shape index (κ1) is 14.0. The summed E-state index contributed by atoms with van der Waals surface area (Å²) in [5.74, 6) is 1.88. The first-order valence-electron chi connectivity index (χ1n) is 6.40. The Morgan fingerprint density at radius 3 is 2.84 bits per heavy atom. The minimum absolute atomic E-state index is 0.591. The quantitative estimate of drug-likeness (QED) is 0.883. The summed E-state index contributed by atoms with van der Waals surface area (Å²) in [6.45, 7) is 5.85. The Labute approximate surface area is 118 Å². The SMILES string of the molecule is CC(C)CNCc1nc(Cc2ccccc2Cl)no1. The largest absolute Gasteiger partial charge is 0.338 e. The van der Waals surface area contributed by atoms with Crippen molar-refractivity contribution in [2.24, 2.45) is 5.92 Å². The number of halogens is 1. The van der Waals surface area contributed by atoms with E-state index in [2.05, 4.69) is 29.3 Å². The number of nitrogens with zero attached hydrogens (tertiary/aromatic N) is 2. The summed E-state index contributed by atoms with van der Waals surface area (Å²) >= 11 is 6.10. The summed E-state index contributed by atoms with van der Waals surface area (Å²) in [5, 5.41) is 7.96. The van der Waals surface area contributed by atoms with E-state index in [0.29, 0.717) is 30.6 Å². The van der Waals surface area contributed by atoms with Crippen molar-refractivity contribution in [2.45, 2.75) is 26.8 Å². The molecule has 0 aliphatic rings. The zero-order chi connectivity index (χ0) is 13.7. The zero-order valence-corrected chi connectivity index (χ0v) is 11.9. The molecule has 1 aromatic heterocycles. The summed E-state index contributed by atoms with van der Waals surface area (Å²) in [7, 11) is 0. The molecule has 0 fully saturated rings.